The Morgan fingerprint density at radius 3 is 2.80 bits per heavy atom. The van der Waals surface area contributed by atoms with Crippen LogP contribution in [0.5, 0.6) is 11.5 Å². The minimum absolute atomic E-state index is 0.0394. The summed E-state index contributed by atoms with van der Waals surface area (Å²) in [5.41, 5.74) is 0.907. The van der Waals surface area contributed by atoms with Gasteiger partial charge in [-0.2, -0.15) is 0 Å². The lowest BCUT2D eigenvalue weighted by Gasteiger charge is -2.25. The molecule has 1 aromatic carbocycles. The summed E-state index contributed by atoms with van der Waals surface area (Å²) >= 11 is 0. The molecule has 0 amide bonds. The Balaban J connectivity index is 2.25. The van der Waals surface area contributed by atoms with E-state index in [0.717, 1.165) is 25.1 Å². The first-order valence-corrected chi connectivity index (χ1v) is 7.34. The molecule has 112 valence electrons. The molecule has 0 spiro atoms. The van der Waals surface area contributed by atoms with Crippen LogP contribution in [-0.2, 0) is 6.42 Å². The molecular weight excluding hydrogens is 257 g/mol. The van der Waals surface area contributed by atoms with Crippen LogP contribution >= 0.6 is 0 Å². The van der Waals surface area contributed by atoms with E-state index in [9.17, 15) is 4.39 Å². The largest absolute Gasteiger partial charge is 0.493 e. The summed E-state index contributed by atoms with van der Waals surface area (Å²) in [5, 5.41) is 3.39. The SMILES string of the molecule is COc1cc(F)cc(CC2CCCNC2)c1OC(C)C. The number of piperidine rings is 1. The summed E-state index contributed by atoms with van der Waals surface area (Å²) in [6.07, 6.45) is 3.21. The maximum atomic E-state index is 13.7. The molecule has 1 fully saturated rings. The molecule has 0 radical (unpaired) electrons. The summed E-state index contributed by atoms with van der Waals surface area (Å²) in [5.74, 6) is 1.44. The smallest absolute Gasteiger partial charge is 0.164 e. The van der Waals surface area contributed by atoms with Crippen LogP contribution < -0.4 is 14.8 Å². The Bertz CT molecular complexity index is 442. The lowest BCUT2D eigenvalue weighted by molar-refractivity contribution is 0.225. The van der Waals surface area contributed by atoms with Crippen molar-refractivity contribution in [2.24, 2.45) is 5.92 Å². The summed E-state index contributed by atoms with van der Waals surface area (Å²) in [4.78, 5) is 0. The minimum atomic E-state index is -0.267. The van der Waals surface area contributed by atoms with Gasteiger partial charge in [0.25, 0.3) is 0 Å². The first kappa shape index (κ1) is 15.1. The summed E-state index contributed by atoms with van der Waals surface area (Å²) in [6, 6.07) is 2.97. The topological polar surface area (TPSA) is 30.5 Å². The highest BCUT2D eigenvalue weighted by atomic mass is 19.1. The second-order valence-electron chi connectivity index (χ2n) is 5.68. The lowest BCUT2D eigenvalue weighted by Crippen LogP contribution is -2.31. The van der Waals surface area contributed by atoms with Gasteiger partial charge in [-0.15, -0.1) is 0 Å². The molecule has 2 rings (SSSR count). The van der Waals surface area contributed by atoms with Crippen molar-refractivity contribution in [2.75, 3.05) is 20.2 Å². The molecule has 1 aliphatic rings. The van der Waals surface area contributed by atoms with Crippen molar-refractivity contribution >= 4 is 0 Å². The Hall–Kier alpha value is -1.29. The van der Waals surface area contributed by atoms with Crippen molar-refractivity contribution in [2.45, 2.75) is 39.2 Å². The maximum absolute atomic E-state index is 13.7. The number of rotatable bonds is 5. The number of hydrogen-bond acceptors (Lipinski definition) is 3. The average molecular weight is 281 g/mol. The van der Waals surface area contributed by atoms with E-state index in [0.29, 0.717) is 17.4 Å². The highest BCUT2D eigenvalue weighted by Gasteiger charge is 2.20. The molecule has 1 atom stereocenters. The maximum Gasteiger partial charge on any atom is 0.164 e. The van der Waals surface area contributed by atoms with Crippen LogP contribution in [0.1, 0.15) is 32.3 Å². The average Bonchev–Trinajstić information content (AvgIpc) is 2.42. The second-order valence-corrected chi connectivity index (χ2v) is 5.68. The van der Waals surface area contributed by atoms with Crippen LogP contribution in [-0.4, -0.2) is 26.3 Å². The van der Waals surface area contributed by atoms with Gasteiger partial charge in [0.05, 0.1) is 13.2 Å². The van der Waals surface area contributed by atoms with Gasteiger partial charge in [0.1, 0.15) is 5.82 Å². The Morgan fingerprint density at radius 2 is 2.20 bits per heavy atom. The van der Waals surface area contributed by atoms with Gasteiger partial charge in [-0.1, -0.05) is 0 Å². The molecule has 0 bridgehead atoms. The van der Waals surface area contributed by atoms with Crippen molar-refractivity contribution in [3.05, 3.63) is 23.5 Å². The summed E-state index contributed by atoms with van der Waals surface area (Å²) in [7, 11) is 1.55. The van der Waals surface area contributed by atoms with Gasteiger partial charge in [0, 0.05) is 11.6 Å². The van der Waals surface area contributed by atoms with Crippen LogP contribution in [0.4, 0.5) is 4.39 Å². The zero-order chi connectivity index (χ0) is 14.5. The number of methoxy groups -OCH3 is 1. The standard InChI is InChI=1S/C16H24FNO2/c1-11(2)20-16-13(7-12-5-4-6-18-10-12)8-14(17)9-15(16)19-3/h8-9,11-12,18H,4-7,10H2,1-3H3. The molecule has 1 heterocycles. The summed E-state index contributed by atoms with van der Waals surface area (Å²) < 4.78 is 24.9. The number of halogens is 1. The predicted octanol–water partition coefficient (Wildman–Crippen LogP) is 3.16. The van der Waals surface area contributed by atoms with E-state index in [1.165, 1.54) is 18.9 Å². The highest BCUT2D eigenvalue weighted by Crippen LogP contribution is 2.35. The van der Waals surface area contributed by atoms with Gasteiger partial charge in [-0.05, 0) is 58.2 Å². The monoisotopic (exact) mass is 281 g/mol. The first-order chi connectivity index (χ1) is 9.60. The zero-order valence-electron chi connectivity index (χ0n) is 12.5. The fraction of sp³-hybridized carbons (Fsp3) is 0.625. The Kier molecular flexibility index (Phi) is 5.24. The van der Waals surface area contributed by atoms with Gasteiger partial charge >= 0.3 is 0 Å². The van der Waals surface area contributed by atoms with E-state index in [1.807, 2.05) is 13.8 Å². The molecule has 4 heteroatoms. The molecule has 1 aromatic rings. The molecule has 0 aromatic heterocycles. The van der Waals surface area contributed by atoms with Crippen LogP contribution in [0.2, 0.25) is 0 Å². The van der Waals surface area contributed by atoms with Crippen molar-refractivity contribution < 1.29 is 13.9 Å². The van der Waals surface area contributed by atoms with Crippen molar-refractivity contribution in [3.8, 4) is 11.5 Å². The van der Waals surface area contributed by atoms with Crippen LogP contribution in [0, 0.1) is 11.7 Å². The molecule has 3 nitrogen and oxygen atoms in total. The minimum Gasteiger partial charge on any atom is -0.493 e. The second kappa shape index (κ2) is 6.93. The van der Waals surface area contributed by atoms with Gasteiger partial charge in [0.15, 0.2) is 11.5 Å². The number of ether oxygens (including phenoxy) is 2. The van der Waals surface area contributed by atoms with E-state index in [1.54, 1.807) is 13.2 Å². The lowest BCUT2D eigenvalue weighted by atomic mass is 9.91. The van der Waals surface area contributed by atoms with Crippen LogP contribution in [0.25, 0.3) is 0 Å². The molecule has 1 N–H and O–H groups in total. The molecule has 1 aliphatic heterocycles. The highest BCUT2D eigenvalue weighted by molar-refractivity contribution is 5.47. The quantitative estimate of drug-likeness (QED) is 0.899. The van der Waals surface area contributed by atoms with Crippen molar-refractivity contribution in [3.63, 3.8) is 0 Å². The molecule has 0 aliphatic carbocycles. The van der Waals surface area contributed by atoms with Gasteiger partial charge in [0.2, 0.25) is 0 Å². The van der Waals surface area contributed by atoms with Crippen LogP contribution in [0.15, 0.2) is 12.1 Å². The third-order valence-electron chi connectivity index (χ3n) is 3.58. The van der Waals surface area contributed by atoms with Gasteiger partial charge in [-0.3, -0.25) is 0 Å². The normalized spacial score (nSPS) is 19.1. The Labute approximate surface area is 120 Å². The zero-order valence-corrected chi connectivity index (χ0v) is 12.5. The predicted molar refractivity (Wildman–Crippen MR) is 78.0 cm³/mol. The molecule has 1 unspecified atom stereocenters. The van der Waals surface area contributed by atoms with Crippen molar-refractivity contribution in [1.82, 2.24) is 5.32 Å². The van der Waals surface area contributed by atoms with Gasteiger partial charge < -0.3 is 14.8 Å². The molecule has 20 heavy (non-hydrogen) atoms. The third kappa shape index (κ3) is 3.85. The number of nitrogens with one attached hydrogen (secondary N) is 1. The summed E-state index contributed by atoms with van der Waals surface area (Å²) in [6.45, 7) is 6.00. The molecular formula is C16H24FNO2. The van der Waals surface area contributed by atoms with Crippen LogP contribution in [0.3, 0.4) is 0 Å². The Morgan fingerprint density at radius 1 is 1.40 bits per heavy atom. The van der Waals surface area contributed by atoms with Gasteiger partial charge in [-0.25, -0.2) is 4.39 Å². The van der Waals surface area contributed by atoms with E-state index >= 15 is 0 Å². The van der Waals surface area contributed by atoms with Crippen molar-refractivity contribution in [1.29, 1.82) is 0 Å². The number of hydrogen-bond donors (Lipinski definition) is 1. The van der Waals surface area contributed by atoms with E-state index in [4.69, 9.17) is 9.47 Å². The molecule has 0 saturated carbocycles. The fourth-order valence-corrected chi connectivity index (χ4v) is 2.70. The number of benzene rings is 1. The first-order valence-electron chi connectivity index (χ1n) is 7.34. The fourth-order valence-electron chi connectivity index (χ4n) is 2.70. The van der Waals surface area contributed by atoms with E-state index in [-0.39, 0.29) is 11.9 Å². The third-order valence-corrected chi connectivity index (χ3v) is 3.58. The van der Waals surface area contributed by atoms with E-state index < -0.39 is 0 Å². The van der Waals surface area contributed by atoms with E-state index in [2.05, 4.69) is 5.32 Å². The molecule has 1 saturated heterocycles.